The van der Waals surface area contributed by atoms with Gasteiger partial charge in [-0.1, -0.05) is 0 Å². The smallest absolute Gasteiger partial charge is 0.321 e. The number of nitrogens with one attached hydrogen (secondary N) is 1. The monoisotopic (exact) mass is 189 g/mol. The molecule has 0 aromatic rings. The molecule has 0 aromatic carbocycles. The number of ether oxygens (including phenoxy) is 1. The van der Waals surface area contributed by atoms with Gasteiger partial charge in [0.1, 0.15) is 6.04 Å². The number of carbonyl (C=O) groups is 1. The fourth-order valence-electron chi connectivity index (χ4n) is 1.55. The largest absolute Gasteiger partial charge is 0.480 e. The average Bonchev–Trinajstić information content (AvgIpc) is 2.62. The first-order valence-corrected chi connectivity index (χ1v) is 4.93. The van der Waals surface area contributed by atoms with Crippen molar-refractivity contribution in [1.29, 1.82) is 0 Å². The molecule has 2 atom stereocenters. The van der Waals surface area contributed by atoms with Gasteiger partial charge in [0, 0.05) is 18.8 Å². The second-order valence-corrected chi connectivity index (χ2v) is 4.55. The lowest BCUT2D eigenvalue weighted by Crippen LogP contribution is -2.45. The molecule has 5 heteroatoms. The molecule has 1 spiro atoms. The summed E-state index contributed by atoms with van der Waals surface area (Å²) in [5.41, 5.74) is 0. The van der Waals surface area contributed by atoms with E-state index >= 15 is 0 Å². The van der Waals surface area contributed by atoms with Crippen LogP contribution in [-0.2, 0) is 9.53 Å². The molecule has 68 valence electrons. The normalized spacial score (nSPS) is 40.8. The van der Waals surface area contributed by atoms with Crippen molar-refractivity contribution in [2.75, 3.05) is 19.0 Å². The molecule has 2 N–H and O–H groups in total. The van der Waals surface area contributed by atoms with Gasteiger partial charge in [0.15, 0.2) is 0 Å². The Bertz CT molecular complexity index is 203. The fraction of sp³-hybridized carbons (Fsp3) is 0.857. The number of carboxylic acids is 1. The van der Waals surface area contributed by atoms with Crippen LogP contribution in [0.5, 0.6) is 0 Å². The summed E-state index contributed by atoms with van der Waals surface area (Å²) in [6, 6.07) is -0.392. The van der Waals surface area contributed by atoms with Crippen molar-refractivity contribution in [1.82, 2.24) is 5.32 Å². The third-order valence-corrected chi connectivity index (χ3v) is 3.74. The van der Waals surface area contributed by atoms with E-state index in [1.54, 1.807) is 11.8 Å². The first-order chi connectivity index (χ1) is 5.72. The van der Waals surface area contributed by atoms with Crippen LogP contribution in [0.15, 0.2) is 0 Å². The number of aliphatic carboxylic acids is 1. The molecule has 0 aromatic heterocycles. The Kier molecular flexibility index (Phi) is 2.02. The molecule has 4 nitrogen and oxygen atoms in total. The van der Waals surface area contributed by atoms with E-state index < -0.39 is 12.0 Å². The van der Waals surface area contributed by atoms with Gasteiger partial charge >= 0.3 is 5.97 Å². The van der Waals surface area contributed by atoms with Crippen molar-refractivity contribution in [3.8, 4) is 0 Å². The zero-order valence-electron chi connectivity index (χ0n) is 6.58. The number of rotatable bonds is 1. The Hall–Kier alpha value is -0.260. The maximum absolute atomic E-state index is 10.6. The van der Waals surface area contributed by atoms with Gasteiger partial charge in [-0.25, -0.2) is 0 Å². The number of hydrogen-bond acceptors (Lipinski definition) is 4. The van der Waals surface area contributed by atoms with Gasteiger partial charge in [0.25, 0.3) is 0 Å². The Morgan fingerprint density at radius 1 is 1.75 bits per heavy atom. The third kappa shape index (κ3) is 1.32. The molecule has 0 bridgehead atoms. The molecule has 0 aliphatic carbocycles. The van der Waals surface area contributed by atoms with Crippen LogP contribution in [-0.4, -0.2) is 41.0 Å². The fourth-order valence-corrected chi connectivity index (χ4v) is 2.88. The Morgan fingerprint density at radius 2 is 2.58 bits per heavy atom. The van der Waals surface area contributed by atoms with Crippen LogP contribution in [0.3, 0.4) is 0 Å². The Balaban J connectivity index is 2.01. The number of thioether (sulfide) groups is 1. The van der Waals surface area contributed by atoms with Crippen molar-refractivity contribution in [2.24, 2.45) is 0 Å². The summed E-state index contributed by atoms with van der Waals surface area (Å²) in [6.07, 6.45) is 0.918. The maximum atomic E-state index is 10.6. The van der Waals surface area contributed by atoms with E-state index in [2.05, 4.69) is 5.32 Å². The predicted octanol–water partition coefficient (Wildman–Crippen LogP) is -0.107. The predicted molar refractivity (Wildman–Crippen MR) is 45.2 cm³/mol. The maximum Gasteiger partial charge on any atom is 0.321 e. The summed E-state index contributed by atoms with van der Waals surface area (Å²) in [5.74, 6) is -0.107. The topological polar surface area (TPSA) is 58.6 Å². The lowest BCUT2D eigenvalue weighted by molar-refractivity contribution is -0.138. The summed E-state index contributed by atoms with van der Waals surface area (Å²) in [6.45, 7) is 1.38. The standard InChI is InChI=1S/C7H11NO3S/c9-6(10)5-3-12-7(8-5)1-2-11-4-7/h5,8H,1-4H2,(H,9,10). The van der Waals surface area contributed by atoms with Crippen LogP contribution in [0, 0.1) is 0 Å². The highest BCUT2D eigenvalue weighted by atomic mass is 32.2. The zero-order chi connectivity index (χ0) is 8.60. The molecule has 2 unspecified atom stereocenters. The van der Waals surface area contributed by atoms with Gasteiger partial charge in [0.2, 0.25) is 0 Å². The van der Waals surface area contributed by atoms with Crippen LogP contribution in [0.1, 0.15) is 6.42 Å². The van der Waals surface area contributed by atoms with E-state index in [0.29, 0.717) is 12.4 Å². The molecule has 2 aliphatic rings. The van der Waals surface area contributed by atoms with Gasteiger partial charge in [-0.15, -0.1) is 11.8 Å². The first kappa shape index (κ1) is 8.34. The molecule has 2 fully saturated rings. The van der Waals surface area contributed by atoms with Crippen molar-refractivity contribution >= 4 is 17.7 Å². The van der Waals surface area contributed by atoms with Crippen LogP contribution in [0.2, 0.25) is 0 Å². The van der Waals surface area contributed by atoms with Gasteiger partial charge in [-0.3, -0.25) is 10.1 Å². The minimum atomic E-state index is -0.758. The SMILES string of the molecule is O=C(O)C1CSC2(CCOC2)N1. The van der Waals surface area contributed by atoms with Crippen molar-refractivity contribution < 1.29 is 14.6 Å². The van der Waals surface area contributed by atoms with Crippen LogP contribution in [0.25, 0.3) is 0 Å². The molecular weight excluding hydrogens is 178 g/mol. The average molecular weight is 189 g/mol. The molecule has 0 radical (unpaired) electrons. The van der Waals surface area contributed by atoms with E-state index in [0.717, 1.165) is 13.0 Å². The molecule has 0 saturated carbocycles. The van der Waals surface area contributed by atoms with E-state index in [9.17, 15) is 4.79 Å². The minimum Gasteiger partial charge on any atom is -0.480 e. The molecule has 0 amide bonds. The quantitative estimate of drug-likeness (QED) is 0.603. The highest BCUT2D eigenvalue weighted by Crippen LogP contribution is 2.36. The number of carboxylic acid groups (broad SMARTS) is 1. The van der Waals surface area contributed by atoms with E-state index in [-0.39, 0.29) is 4.87 Å². The summed E-state index contributed by atoms with van der Waals surface area (Å²) < 4.78 is 5.23. The highest BCUT2D eigenvalue weighted by Gasteiger charge is 2.44. The molecule has 12 heavy (non-hydrogen) atoms. The van der Waals surface area contributed by atoms with Crippen LogP contribution in [0.4, 0.5) is 0 Å². The second kappa shape index (κ2) is 2.90. The van der Waals surface area contributed by atoms with Crippen molar-refractivity contribution in [3.05, 3.63) is 0 Å². The van der Waals surface area contributed by atoms with Crippen molar-refractivity contribution in [3.63, 3.8) is 0 Å². The van der Waals surface area contributed by atoms with Crippen molar-refractivity contribution in [2.45, 2.75) is 17.3 Å². The molecule has 2 heterocycles. The Morgan fingerprint density at radius 3 is 3.08 bits per heavy atom. The van der Waals surface area contributed by atoms with Gasteiger partial charge in [-0.05, 0) is 0 Å². The lowest BCUT2D eigenvalue weighted by Gasteiger charge is -2.20. The second-order valence-electron chi connectivity index (χ2n) is 3.14. The summed E-state index contributed by atoms with van der Waals surface area (Å²) in [5, 5.41) is 11.8. The summed E-state index contributed by atoms with van der Waals surface area (Å²) in [7, 11) is 0. The third-order valence-electron chi connectivity index (χ3n) is 2.25. The molecule has 2 rings (SSSR count). The molecular formula is C7H11NO3S. The van der Waals surface area contributed by atoms with Crippen LogP contribution >= 0.6 is 11.8 Å². The lowest BCUT2D eigenvalue weighted by atomic mass is 10.2. The van der Waals surface area contributed by atoms with E-state index in [1.807, 2.05) is 0 Å². The Labute approximate surface area is 74.7 Å². The van der Waals surface area contributed by atoms with Gasteiger partial charge < -0.3 is 9.84 Å². The van der Waals surface area contributed by atoms with E-state index in [1.165, 1.54) is 0 Å². The summed E-state index contributed by atoms with van der Waals surface area (Å²) >= 11 is 1.67. The molecule has 2 saturated heterocycles. The number of hydrogen-bond donors (Lipinski definition) is 2. The van der Waals surface area contributed by atoms with Crippen LogP contribution < -0.4 is 5.32 Å². The minimum absolute atomic E-state index is 0.0942. The zero-order valence-corrected chi connectivity index (χ0v) is 7.39. The van der Waals surface area contributed by atoms with E-state index in [4.69, 9.17) is 9.84 Å². The first-order valence-electron chi connectivity index (χ1n) is 3.94. The van der Waals surface area contributed by atoms with Gasteiger partial charge in [0.05, 0.1) is 11.5 Å². The summed E-state index contributed by atoms with van der Waals surface area (Å²) in [4.78, 5) is 10.5. The molecule has 2 aliphatic heterocycles. The highest BCUT2D eigenvalue weighted by molar-refractivity contribution is 8.01. The van der Waals surface area contributed by atoms with Gasteiger partial charge in [-0.2, -0.15) is 0 Å².